The first-order chi connectivity index (χ1) is 14.7. The highest BCUT2D eigenvalue weighted by Gasteiger charge is 2.19. The highest BCUT2D eigenvalue weighted by atomic mass is 79.9. The summed E-state index contributed by atoms with van der Waals surface area (Å²) in [4.78, 5) is 3.20. The third kappa shape index (κ3) is 4.13. The highest BCUT2D eigenvalue weighted by Crippen LogP contribution is 2.41. The third-order valence-corrected chi connectivity index (χ3v) is 5.35. The second-order valence-electron chi connectivity index (χ2n) is 6.45. The first-order valence-corrected chi connectivity index (χ1v) is 10.4. The molecule has 1 aromatic heterocycles. The molecule has 4 aromatic rings. The lowest BCUT2D eigenvalue weighted by Gasteiger charge is -2.13. The van der Waals surface area contributed by atoms with Crippen LogP contribution in [0.5, 0.6) is 0 Å². The van der Waals surface area contributed by atoms with Crippen molar-refractivity contribution in [2.45, 2.75) is 0 Å². The van der Waals surface area contributed by atoms with E-state index in [1.165, 1.54) is 0 Å². The molecule has 30 heavy (non-hydrogen) atoms. The number of hydrogen-bond donors (Lipinski definition) is 1. The molecule has 0 aliphatic rings. The van der Waals surface area contributed by atoms with Crippen molar-refractivity contribution >= 4 is 39.5 Å². The first-order valence-electron chi connectivity index (χ1n) is 9.16. The third-order valence-electron chi connectivity index (χ3n) is 4.52. The number of nitrogens with one attached hydrogen (secondary N) is 1. The summed E-state index contributed by atoms with van der Waals surface area (Å²) in [6.07, 6.45) is 0. The van der Waals surface area contributed by atoms with Crippen LogP contribution in [0.3, 0.4) is 0 Å². The lowest BCUT2D eigenvalue weighted by Crippen LogP contribution is -1.95. The molecule has 0 unspecified atom stereocenters. The van der Waals surface area contributed by atoms with Gasteiger partial charge in [-0.15, -0.1) is 5.11 Å². The van der Waals surface area contributed by atoms with Gasteiger partial charge < -0.3 is 4.98 Å². The zero-order valence-electron chi connectivity index (χ0n) is 15.7. The molecule has 6 heteroatoms. The molecule has 0 saturated heterocycles. The van der Waals surface area contributed by atoms with E-state index in [1.54, 1.807) is 0 Å². The molecule has 0 fully saturated rings. The van der Waals surface area contributed by atoms with E-state index in [0.29, 0.717) is 27.1 Å². The molecule has 0 spiro atoms. The summed E-state index contributed by atoms with van der Waals surface area (Å²) in [6.45, 7) is 0. The average Bonchev–Trinajstić information content (AvgIpc) is 2.79. The zero-order valence-corrected chi connectivity index (χ0v) is 18.1. The molecule has 1 N–H and O–H groups in total. The predicted octanol–water partition coefficient (Wildman–Crippen LogP) is 8.13. The van der Waals surface area contributed by atoms with Crippen molar-refractivity contribution in [3.63, 3.8) is 0 Å². The monoisotopic (exact) mass is 470 g/mol. The molecule has 3 aromatic carbocycles. The number of halogens is 1. The number of benzene rings is 3. The van der Waals surface area contributed by atoms with Crippen LogP contribution in [0.2, 0.25) is 0 Å². The van der Waals surface area contributed by atoms with E-state index in [0.717, 1.165) is 21.3 Å². The van der Waals surface area contributed by atoms with E-state index < -0.39 is 0 Å². The summed E-state index contributed by atoms with van der Waals surface area (Å²) in [7, 11) is 0. The van der Waals surface area contributed by atoms with Gasteiger partial charge in [-0.1, -0.05) is 88.8 Å². The quantitative estimate of drug-likeness (QED) is 0.241. The van der Waals surface area contributed by atoms with Gasteiger partial charge in [0.1, 0.15) is 16.4 Å². The van der Waals surface area contributed by atoms with Crippen molar-refractivity contribution in [2.75, 3.05) is 0 Å². The van der Waals surface area contributed by atoms with Crippen LogP contribution in [0.1, 0.15) is 5.56 Å². The van der Waals surface area contributed by atoms with Gasteiger partial charge in [0, 0.05) is 15.6 Å². The number of aromatic nitrogens is 1. The predicted molar refractivity (Wildman–Crippen MR) is 126 cm³/mol. The second-order valence-corrected chi connectivity index (χ2v) is 7.77. The highest BCUT2D eigenvalue weighted by molar-refractivity contribution is 9.10. The van der Waals surface area contributed by atoms with Gasteiger partial charge >= 0.3 is 0 Å². The number of pyridine rings is 1. The fourth-order valence-corrected chi connectivity index (χ4v) is 3.63. The number of H-pyrrole nitrogens is 1. The summed E-state index contributed by atoms with van der Waals surface area (Å²) in [5.41, 5.74) is 4.81. The number of azo groups is 1. The summed E-state index contributed by atoms with van der Waals surface area (Å²) in [6, 6.07) is 29.2. The van der Waals surface area contributed by atoms with Gasteiger partial charge in [-0.05, 0) is 29.8 Å². The average molecular weight is 471 g/mol. The molecule has 0 amide bonds. The van der Waals surface area contributed by atoms with Crippen LogP contribution < -0.4 is 0 Å². The minimum absolute atomic E-state index is 0.373. The van der Waals surface area contributed by atoms with Gasteiger partial charge in [0.2, 0.25) is 0 Å². The fourth-order valence-electron chi connectivity index (χ4n) is 3.11. The van der Waals surface area contributed by atoms with Gasteiger partial charge in [-0.3, -0.25) is 0 Å². The van der Waals surface area contributed by atoms with E-state index in [-0.39, 0.29) is 0 Å². The van der Waals surface area contributed by atoms with Crippen molar-refractivity contribution < 1.29 is 0 Å². The molecule has 0 aliphatic heterocycles. The standard InChI is InChI=1S/C24H15BrN4S/c25-18-11-13-19(14-12-18)28-29-23-21(16-7-3-1-4-8-16)20(15-26)24(30)27-22(23)17-9-5-2-6-10-17/h1-14H,(H,27,30). The van der Waals surface area contributed by atoms with Gasteiger partial charge in [0.25, 0.3) is 0 Å². The van der Waals surface area contributed by atoms with Gasteiger partial charge in [-0.25, -0.2) is 0 Å². The Hall–Kier alpha value is -3.40. The Bertz CT molecular complexity index is 1310. The number of nitriles is 1. The largest absolute Gasteiger partial charge is 0.343 e. The Morgan fingerprint density at radius 2 is 1.40 bits per heavy atom. The van der Waals surface area contributed by atoms with E-state index in [4.69, 9.17) is 12.2 Å². The van der Waals surface area contributed by atoms with E-state index in [1.807, 2.05) is 84.9 Å². The van der Waals surface area contributed by atoms with Crippen molar-refractivity contribution in [1.29, 1.82) is 5.26 Å². The molecular weight excluding hydrogens is 456 g/mol. The van der Waals surface area contributed by atoms with Crippen molar-refractivity contribution in [3.05, 3.63) is 99.6 Å². The molecule has 1 heterocycles. The van der Waals surface area contributed by atoms with Crippen molar-refractivity contribution in [2.24, 2.45) is 10.2 Å². The molecule has 4 rings (SSSR count). The minimum Gasteiger partial charge on any atom is -0.343 e. The Kier molecular flexibility index (Phi) is 5.94. The van der Waals surface area contributed by atoms with Crippen LogP contribution in [0, 0.1) is 16.0 Å². The molecule has 0 saturated carbocycles. The number of hydrogen-bond acceptors (Lipinski definition) is 4. The van der Waals surface area contributed by atoms with Crippen LogP contribution >= 0.6 is 28.1 Å². The summed E-state index contributed by atoms with van der Waals surface area (Å²) in [5, 5.41) is 18.9. The summed E-state index contributed by atoms with van der Waals surface area (Å²) < 4.78 is 1.34. The molecule has 4 nitrogen and oxygen atoms in total. The van der Waals surface area contributed by atoms with Gasteiger partial charge in [-0.2, -0.15) is 10.4 Å². The maximum Gasteiger partial charge on any atom is 0.122 e. The maximum absolute atomic E-state index is 9.85. The van der Waals surface area contributed by atoms with E-state index in [9.17, 15) is 5.26 Å². The Labute approximate surface area is 187 Å². The van der Waals surface area contributed by atoms with Crippen LogP contribution in [0.25, 0.3) is 22.4 Å². The molecule has 0 bridgehead atoms. The summed E-state index contributed by atoms with van der Waals surface area (Å²) in [5.74, 6) is 0. The summed E-state index contributed by atoms with van der Waals surface area (Å²) >= 11 is 8.95. The number of aromatic amines is 1. The topological polar surface area (TPSA) is 64.3 Å². The minimum atomic E-state index is 0.373. The molecule has 144 valence electrons. The van der Waals surface area contributed by atoms with E-state index in [2.05, 4.69) is 37.2 Å². The molecular formula is C24H15BrN4S. The number of nitrogens with zero attached hydrogens (tertiary/aromatic N) is 3. The molecule has 0 aliphatic carbocycles. The Morgan fingerprint density at radius 1 is 0.800 bits per heavy atom. The normalized spacial score (nSPS) is 10.8. The second kappa shape index (κ2) is 8.95. The Morgan fingerprint density at radius 3 is 2.00 bits per heavy atom. The lowest BCUT2D eigenvalue weighted by atomic mass is 9.97. The van der Waals surface area contributed by atoms with Crippen LogP contribution in [-0.4, -0.2) is 4.98 Å². The first kappa shape index (κ1) is 19.9. The zero-order chi connectivity index (χ0) is 20.9. The number of rotatable bonds is 4. The van der Waals surface area contributed by atoms with E-state index >= 15 is 0 Å². The van der Waals surface area contributed by atoms with Gasteiger partial charge in [0.05, 0.1) is 16.9 Å². The smallest absolute Gasteiger partial charge is 0.122 e. The van der Waals surface area contributed by atoms with Crippen molar-refractivity contribution in [1.82, 2.24) is 4.98 Å². The fraction of sp³-hybridized carbons (Fsp3) is 0. The molecule has 0 atom stereocenters. The van der Waals surface area contributed by atoms with Crippen LogP contribution in [0.4, 0.5) is 11.4 Å². The Balaban J connectivity index is 2.02. The molecule has 0 radical (unpaired) electrons. The van der Waals surface area contributed by atoms with Crippen LogP contribution in [-0.2, 0) is 0 Å². The van der Waals surface area contributed by atoms with Crippen molar-refractivity contribution in [3.8, 4) is 28.5 Å². The van der Waals surface area contributed by atoms with Gasteiger partial charge in [0.15, 0.2) is 0 Å². The SMILES string of the molecule is N#Cc1c(-c2ccccc2)c(N=Nc2ccc(Br)cc2)c(-c2ccccc2)[nH]c1=S. The van der Waals surface area contributed by atoms with Crippen LogP contribution in [0.15, 0.2) is 99.6 Å². The maximum atomic E-state index is 9.85. The lowest BCUT2D eigenvalue weighted by molar-refractivity contribution is 1.18.